The van der Waals surface area contributed by atoms with Gasteiger partial charge < -0.3 is 14.2 Å². The maximum absolute atomic E-state index is 12.8. The Labute approximate surface area is 387 Å². The number of ether oxygens (including phenoxy) is 3. The third kappa shape index (κ3) is 50.8. The molecule has 5 nitrogen and oxygen atoms in total. The summed E-state index contributed by atoms with van der Waals surface area (Å²) in [5.41, 5.74) is 0. The summed E-state index contributed by atoms with van der Waals surface area (Å²) in [7, 11) is 0. The second-order valence-electron chi connectivity index (χ2n) is 18.5. The van der Waals surface area contributed by atoms with Gasteiger partial charge in [0.15, 0.2) is 6.10 Å². The fourth-order valence-corrected chi connectivity index (χ4v) is 7.99. The van der Waals surface area contributed by atoms with Crippen molar-refractivity contribution in [1.82, 2.24) is 0 Å². The van der Waals surface area contributed by atoms with Crippen molar-refractivity contribution in [2.45, 2.75) is 297 Å². The molecule has 0 aliphatic rings. The van der Waals surface area contributed by atoms with E-state index in [0.717, 1.165) is 57.8 Å². The van der Waals surface area contributed by atoms with E-state index in [-0.39, 0.29) is 25.2 Å². The van der Waals surface area contributed by atoms with Crippen LogP contribution in [0.3, 0.4) is 0 Å². The van der Waals surface area contributed by atoms with Gasteiger partial charge in [0.25, 0.3) is 0 Å². The summed E-state index contributed by atoms with van der Waals surface area (Å²) >= 11 is 0. The number of hydrogen-bond acceptors (Lipinski definition) is 5. The van der Waals surface area contributed by atoms with Crippen LogP contribution in [0.25, 0.3) is 0 Å². The second kappa shape index (κ2) is 53.5. The van der Waals surface area contributed by atoms with E-state index in [4.69, 9.17) is 14.2 Å². The zero-order chi connectivity index (χ0) is 44.9. The number of allylic oxidation sites excluding steroid dienone is 6. The Bertz CT molecular complexity index is 986. The Balaban J connectivity index is 4.19. The molecule has 0 saturated heterocycles. The SMILES string of the molecule is CCCC/C=C\CCCCCCCC(=O)OC(COCCCCCCCCCCCCCCCCCCCC)COC(=O)CCCCCCCCC/C=C\C/C=C\CCCCC. The highest BCUT2D eigenvalue weighted by atomic mass is 16.6. The lowest BCUT2D eigenvalue weighted by Gasteiger charge is -2.18. The molecule has 0 heterocycles. The van der Waals surface area contributed by atoms with Gasteiger partial charge in [0, 0.05) is 19.4 Å². The van der Waals surface area contributed by atoms with Crippen molar-refractivity contribution in [3.05, 3.63) is 36.5 Å². The topological polar surface area (TPSA) is 61.8 Å². The molecule has 0 radical (unpaired) electrons. The number of rotatable bonds is 51. The number of carbonyl (C=O) groups is 2. The quantitative estimate of drug-likeness (QED) is 0.0346. The van der Waals surface area contributed by atoms with Crippen molar-refractivity contribution in [3.8, 4) is 0 Å². The second-order valence-corrected chi connectivity index (χ2v) is 18.5. The summed E-state index contributed by atoms with van der Waals surface area (Å²) in [5, 5.41) is 0. The van der Waals surface area contributed by atoms with Crippen LogP contribution in [0.4, 0.5) is 0 Å². The third-order valence-electron chi connectivity index (χ3n) is 12.1. The Hall–Kier alpha value is -1.88. The molecule has 0 aromatic carbocycles. The van der Waals surface area contributed by atoms with Gasteiger partial charge >= 0.3 is 11.9 Å². The molecule has 5 heteroatoms. The molecule has 1 unspecified atom stereocenters. The van der Waals surface area contributed by atoms with Crippen LogP contribution >= 0.6 is 0 Å². The summed E-state index contributed by atoms with van der Waals surface area (Å²) in [5.74, 6) is -0.402. The molecular formula is C57H106O5. The highest BCUT2D eigenvalue weighted by Crippen LogP contribution is 2.16. The van der Waals surface area contributed by atoms with E-state index in [1.807, 2.05) is 0 Å². The molecule has 0 aliphatic heterocycles. The predicted molar refractivity (Wildman–Crippen MR) is 270 cm³/mol. The maximum Gasteiger partial charge on any atom is 0.306 e. The Kier molecular flexibility index (Phi) is 51.8. The lowest BCUT2D eigenvalue weighted by molar-refractivity contribution is -0.163. The van der Waals surface area contributed by atoms with Crippen LogP contribution < -0.4 is 0 Å². The van der Waals surface area contributed by atoms with Crippen LogP contribution in [0.1, 0.15) is 290 Å². The minimum absolute atomic E-state index is 0.0825. The molecule has 1 atom stereocenters. The predicted octanol–water partition coefficient (Wildman–Crippen LogP) is 18.6. The van der Waals surface area contributed by atoms with Gasteiger partial charge in [-0.15, -0.1) is 0 Å². The van der Waals surface area contributed by atoms with Crippen LogP contribution in [0.2, 0.25) is 0 Å². The Morgan fingerprint density at radius 3 is 1.16 bits per heavy atom. The number of unbranched alkanes of at least 4 members (excludes halogenated alkanes) is 34. The van der Waals surface area contributed by atoms with E-state index in [9.17, 15) is 9.59 Å². The zero-order valence-electron chi connectivity index (χ0n) is 41.9. The van der Waals surface area contributed by atoms with Crippen LogP contribution in [0.5, 0.6) is 0 Å². The van der Waals surface area contributed by atoms with Gasteiger partial charge in [0.05, 0.1) is 6.61 Å². The van der Waals surface area contributed by atoms with Crippen LogP contribution in [-0.4, -0.2) is 37.9 Å². The molecule has 0 N–H and O–H groups in total. The monoisotopic (exact) mass is 871 g/mol. The minimum Gasteiger partial charge on any atom is -0.462 e. The van der Waals surface area contributed by atoms with Gasteiger partial charge in [-0.25, -0.2) is 0 Å². The van der Waals surface area contributed by atoms with Crippen molar-refractivity contribution < 1.29 is 23.8 Å². The van der Waals surface area contributed by atoms with Crippen LogP contribution in [0.15, 0.2) is 36.5 Å². The molecule has 0 amide bonds. The molecule has 62 heavy (non-hydrogen) atoms. The molecule has 364 valence electrons. The van der Waals surface area contributed by atoms with E-state index in [1.165, 1.54) is 199 Å². The van der Waals surface area contributed by atoms with E-state index < -0.39 is 6.10 Å². The van der Waals surface area contributed by atoms with Crippen molar-refractivity contribution in [2.24, 2.45) is 0 Å². The summed E-state index contributed by atoms with van der Waals surface area (Å²) in [6.07, 6.45) is 64.4. The summed E-state index contributed by atoms with van der Waals surface area (Å²) in [4.78, 5) is 25.4. The molecule has 0 spiro atoms. The highest BCUT2D eigenvalue weighted by Gasteiger charge is 2.17. The summed E-state index contributed by atoms with van der Waals surface area (Å²) < 4.78 is 17.4. The normalized spacial score (nSPS) is 12.4. The Morgan fingerprint density at radius 1 is 0.355 bits per heavy atom. The molecule has 0 aromatic heterocycles. The van der Waals surface area contributed by atoms with E-state index in [0.29, 0.717) is 19.4 Å². The molecule has 0 bridgehead atoms. The third-order valence-corrected chi connectivity index (χ3v) is 12.1. The first kappa shape index (κ1) is 60.1. The van der Waals surface area contributed by atoms with Crippen molar-refractivity contribution >= 4 is 11.9 Å². The molecular weight excluding hydrogens is 765 g/mol. The molecule has 0 rings (SSSR count). The van der Waals surface area contributed by atoms with Gasteiger partial charge in [-0.2, -0.15) is 0 Å². The highest BCUT2D eigenvalue weighted by molar-refractivity contribution is 5.70. The summed E-state index contributed by atoms with van der Waals surface area (Å²) in [6.45, 7) is 7.80. The molecule has 0 aromatic rings. The standard InChI is InChI=1S/C57H106O5/c1-4-7-10-13-16-19-22-24-26-28-30-32-34-37-40-43-46-49-52-60-53-55(62-57(59)51-48-45-42-39-35-21-18-15-12-9-6-3)54-61-56(58)50-47-44-41-38-36-33-31-29-27-25-23-20-17-14-11-8-5-2/h15,17-18,20,25,27,55H,4-14,16,19,21-24,26,28-54H2,1-3H3/b18-15-,20-17-,27-25-. The first-order valence-electron chi connectivity index (χ1n) is 27.5. The smallest absolute Gasteiger partial charge is 0.306 e. The first-order valence-corrected chi connectivity index (χ1v) is 27.5. The van der Waals surface area contributed by atoms with Gasteiger partial charge in [0.1, 0.15) is 6.61 Å². The van der Waals surface area contributed by atoms with E-state index in [2.05, 4.69) is 57.2 Å². The molecule has 0 saturated carbocycles. The van der Waals surface area contributed by atoms with Gasteiger partial charge in [-0.05, 0) is 70.6 Å². The fraction of sp³-hybridized carbons (Fsp3) is 0.860. The first-order chi connectivity index (χ1) is 30.6. The number of carbonyl (C=O) groups excluding carboxylic acids is 2. The zero-order valence-corrected chi connectivity index (χ0v) is 41.9. The molecule has 0 aliphatic carbocycles. The average Bonchev–Trinajstić information content (AvgIpc) is 3.27. The number of esters is 2. The van der Waals surface area contributed by atoms with Crippen LogP contribution in [-0.2, 0) is 23.8 Å². The van der Waals surface area contributed by atoms with Crippen molar-refractivity contribution in [1.29, 1.82) is 0 Å². The Morgan fingerprint density at radius 2 is 0.694 bits per heavy atom. The van der Waals surface area contributed by atoms with Crippen LogP contribution in [0, 0.1) is 0 Å². The minimum atomic E-state index is -0.539. The largest absolute Gasteiger partial charge is 0.462 e. The van der Waals surface area contributed by atoms with Gasteiger partial charge in [-0.3, -0.25) is 9.59 Å². The lowest BCUT2D eigenvalue weighted by Crippen LogP contribution is -2.30. The average molecular weight is 871 g/mol. The maximum atomic E-state index is 12.8. The van der Waals surface area contributed by atoms with Crippen molar-refractivity contribution in [2.75, 3.05) is 19.8 Å². The van der Waals surface area contributed by atoms with Gasteiger partial charge in [0.2, 0.25) is 0 Å². The van der Waals surface area contributed by atoms with E-state index in [1.54, 1.807) is 0 Å². The molecule has 0 fully saturated rings. The van der Waals surface area contributed by atoms with E-state index >= 15 is 0 Å². The lowest BCUT2D eigenvalue weighted by atomic mass is 10.0. The summed E-state index contributed by atoms with van der Waals surface area (Å²) in [6, 6.07) is 0. The fourth-order valence-electron chi connectivity index (χ4n) is 7.99. The van der Waals surface area contributed by atoms with Gasteiger partial charge in [-0.1, -0.05) is 243 Å². The van der Waals surface area contributed by atoms with Crippen molar-refractivity contribution in [3.63, 3.8) is 0 Å². The number of hydrogen-bond donors (Lipinski definition) is 0.